The number of hydrogen-bond donors (Lipinski definition) is 1. The molecule has 0 aromatic heterocycles. The Morgan fingerprint density at radius 2 is 1.92 bits per heavy atom. The molecule has 0 aliphatic rings. The molecule has 0 aliphatic carbocycles. The van der Waals surface area contributed by atoms with Crippen LogP contribution in [0.2, 0.25) is 0 Å². The van der Waals surface area contributed by atoms with Gasteiger partial charge in [0.05, 0.1) is 12.7 Å². The predicted octanol–water partition coefficient (Wildman–Crippen LogP) is 2.23. The molecule has 0 aliphatic heterocycles. The summed E-state index contributed by atoms with van der Waals surface area (Å²) in [7, 11) is 1.61. The predicted molar refractivity (Wildman–Crippen MR) is 53.0 cm³/mol. The molecule has 13 heavy (non-hydrogen) atoms. The van der Waals surface area contributed by atoms with Gasteiger partial charge in [-0.05, 0) is 32.9 Å². The van der Waals surface area contributed by atoms with Crippen LogP contribution in [0.15, 0.2) is 18.2 Å². The zero-order chi connectivity index (χ0) is 10.1. The van der Waals surface area contributed by atoms with E-state index in [9.17, 15) is 5.11 Å². The summed E-state index contributed by atoms with van der Waals surface area (Å²) in [6.07, 6.45) is 0. The van der Waals surface area contributed by atoms with Crippen LogP contribution < -0.4 is 4.74 Å². The highest BCUT2D eigenvalue weighted by atomic mass is 16.5. The van der Waals surface area contributed by atoms with Crippen LogP contribution in [0, 0.1) is 6.92 Å². The lowest BCUT2D eigenvalue weighted by molar-refractivity contribution is 0.0756. The summed E-state index contributed by atoms with van der Waals surface area (Å²) in [4.78, 5) is 0. The minimum absolute atomic E-state index is 0.734. The summed E-state index contributed by atoms with van der Waals surface area (Å²) in [5.74, 6) is 0.734. The van der Waals surface area contributed by atoms with Crippen molar-refractivity contribution in [3.63, 3.8) is 0 Å². The first-order valence-electron chi connectivity index (χ1n) is 4.32. The molecule has 0 fully saturated rings. The van der Waals surface area contributed by atoms with Gasteiger partial charge in [-0.3, -0.25) is 0 Å². The maximum absolute atomic E-state index is 9.85. The van der Waals surface area contributed by atoms with E-state index in [1.165, 1.54) is 0 Å². The van der Waals surface area contributed by atoms with Crippen LogP contribution in [0.5, 0.6) is 5.75 Å². The van der Waals surface area contributed by atoms with E-state index in [0.717, 1.165) is 16.9 Å². The zero-order valence-corrected chi connectivity index (χ0v) is 8.59. The van der Waals surface area contributed by atoms with Crippen molar-refractivity contribution in [1.82, 2.24) is 0 Å². The summed E-state index contributed by atoms with van der Waals surface area (Å²) in [6.45, 7) is 5.50. The molecule has 0 amide bonds. The van der Waals surface area contributed by atoms with E-state index in [1.807, 2.05) is 25.1 Å². The third kappa shape index (κ3) is 2.22. The van der Waals surface area contributed by atoms with Gasteiger partial charge in [0.25, 0.3) is 0 Å². The molecule has 1 rings (SSSR count). The molecule has 0 unspecified atom stereocenters. The van der Waals surface area contributed by atoms with E-state index in [2.05, 4.69) is 0 Å². The van der Waals surface area contributed by atoms with Crippen LogP contribution >= 0.6 is 0 Å². The lowest BCUT2D eigenvalue weighted by Gasteiger charge is -2.21. The Labute approximate surface area is 79.2 Å². The standard InChI is InChI=1S/C11H16O2/c1-8-5-6-10(13-4)9(7-8)11(2,3)12/h5-7,12H,1-4H3. The molecule has 1 aromatic rings. The van der Waals surface area contributed by atoms with Crippen LogP contribution in [-0.2, 0) is 5.60 Å². The molecule has 0 saturated heterocycles. The summed E-state index contributed by atoms with van der Waals surface area (Å²) in [5, 5.41) is 9.85. The van der Waals surface area contributed by atoms with Gasteiger partial charge in [-0.1, -0.05) is 11.6 Å². The van der Waals surface area contributed by atoms with Crippen molar-refractivity contribution in [1.29, 1.82) is 0 Å². The van der Waals surface area contributed by atoms with Crippen molar-refractivity contribution < 1.29 is 9.84 Å². The second kappa shape index (κ2) is 3.38. The third-order valence-corrected chi connectivity index (χ3v) is 2.01. The summed E-state index contributed by atoms with van der Waals surface area (Å²) >= 11 is 0. The maximum Gasteiger partial charge on any atom is 0.124 e. The first kappa shape index (κ1) is 10.1. The molecule has 2 nitrogen and oxygen atoms in total. The monoisotopic (exact) mass is 180 g/mol. The number of aliphatic hydroxyl groups is 1. The van der Waals surface area contributed by atoms with Gasteiger partial charge in [0.2, 0.25) is 0 Å². The number of aryl methyl sites for hydroxylation is 1. The number of benzene rings is 1. The largest absolute Gasteiger partial charge is 0.496 e. The second-order valence-electron chi connectivity index (χ2n) is 3.76. The van der Waals surface area contributed by atoms with E-state index < -0.39 is 5.60 Å². The topological polar surface area (TPSA) is 29.5 Å². The molecule has 1 aromatic carbocycles. The maximum atomic E-state index is 9.85. The van der Waals surface area contributed by atoms with Gasteiger partial charge in [0.1, 0.15) is 5.75 Å². The van der Waals surface area contributed by atoms with E-state index in [4.69, 9.17) is 4.74 Å². The highest BCUT2D eigenvalue weighted by Gasteiger charge is 2.20. The Hall–Kier alpha value is -1.02. The van der Waals surface area contributed by atoms with Crippen LogP contribution in [0.3, 0.4) is 0 Å². The molecule has 0 radical (unpaired) electrons. The van der Waals surface area contributed by atoms with Crippen molar-refractivity contribution in [2.24, 2.45) is 0 Å². The van der Waals surface area contributed by atoms with Gasteiger partial charge in [0.15, 0.2) is 0 Å². The Balaban J connectivity index is 3.24. The molecule has 0 atom stereocenters. The van der Waals surface area contributed by atoms with Gasteiger partial charge in [-0.15, -0.1) is 0 Å². The lowest BCUT2D eigenvalue weighted by atomic mass is 9.96. The zero-order valence-electron chi connectivity index (χ0n) is 8.59. The summed E-state index contributed by atoms with van der Waals surface area (Å²) in [6, 6.07) is 5.79. The lowest BCUT2D eigenvalue weighted by Crippen LogP contribution is -2.16. The van der Waals surface area contributed by atoms with Gasteiger partial charge in [0, 0.05) is 5.56 Å². The average Bonchev–Trinajstić information content (AvgIpc) is 2.03. The minimum atomic E-state index is -0.850. The van der Waals surface area contributed by atoms with Crippen molar-refractivity contribution in [3.05, 3.63) is 29.3 Å². The first-order valence-corrected chi connectivity index (χ1v) is 4.32. The molecule has 0 spiro atoms. The minimum Gasteiger partial charge on any atom is -0.496 e. The molecular formula is C11H16O2. The Kier molecular flexibility index (Phi) is 2.62. The van der Waals surface area contributed by atoms with Crippen molar-refractivity contribution in [3.8, 4) is 5.75 Å². The molecule has 0 bridgehead atoms. The van der Waals surface area contributed by atoms with E-state index in [0.29, 0.717) is 0 Å². The third-order valence-electron chi connectivity index (χ3n) is 2.01. The number of hydrogen-bond acceptors (Lipinski definition) is 2. The normalized spacial score (nSPS) is 11.5. The highest BCUT2D eigenvalue weighted by molar-refractivity contribution is 5.40. The van der Waals surface area contributed by atoms with Crippen molar-refractivity contribution in [2.75, 3.05) is 7.11 Å². The van der Waals surface area contributed by atoms with Gasteiger partial charge < -0.3 is 9.84 Å². The Morgan fingerprint density at radius 3 is 2.38 bits per heavy atom. The van der Waals surface area contributed by atoms with Crippen molar-refractivity contribution in [2.45, 2.75) is 26.4 Å². The molecule has 0 heterocycles. The van der Waals surface area contributed by atoms with E-state index >= 15 is 0 Å². The number of rotatable bonds is 2. The second-order valence-corrected chi connectivity index (χ2v) is 3.76. The average molecular weight is 180 g/mol. The van der Waals surface area contributed by atoms with Crippen LogP contribution in [0.1, 0.15) is 25.0 Å². The van der Waals surface area contributed by atoms with E-state index in [1.54, 1.807) is 21.0 Å². The highest BCUT2D eigenvalue weighted by Crippen LogP contribution is 2.29. The number of methoxy groups -OCH3 is 1. The fraction of sp³-hybridized carbons (Fsp3) is 0.455. The molecule has 0 saturated carbocycles. The van der Waals surface area contributed by atoms with Crippen LogP contribution in [0.25, 0.3) is 0 Å². The molecule has 1 N–H and O–H groups in total. The SMILES string of the molecule is COc1ccc(C)cc1C(C)(C)O. The van der Waals surface area contributed by atoms with Crippen LogP contribution in [-0.4, -0.2) is 12.2 Å². The Morgan fingerprint density at radius 1 is 1.31 bits per heavy atom. The van der Waals surface area contributed by atoms with Crippen LogP contribution in [0.4, 0.5) is 0 Å². The first-order chi connectivity index (χ1) is 5.95. The fourth-order valence-corrected chi connectivity index (χ4v) is 1.30. The smallest absolute Gasteiger partial charge is 0.124 e. The fourth-order valence-electron chi connectivity index (χ4n) is 1.30. The quantitative estimate of drug-likeness (QED) is 0.756. The molecular weight excluding hydrogens is 164 g/mol. The number of ether oxygens (including phenoxy) is 1. The van der Waals surface area contributed by atoms with E-state index in [-0.39, 0.29) is 0 Å². The van der Waals surface area contributed by atoms with Gasteiger partial charge >= 0.3 is 0 Å². The van der Waals surface area contributed by atoms with Gasteiger partial charge in [-0.2, -0.15) is 0 Å². The van der Waals surface area contributed by atoms with Gasteiger partial charge in [-0.25, -0.2) is 0 Å². The molecule has 2 heteroatoms. The summed E-state index contributed by atoms with van der Waals surface area (Å²) < 4.78 is 5.17. The Bertz CT molecular complexity index is 297. The molecule has 72 valence electrons. The van der Waals surface area contributed by atoms with Crippen molar-refractivity contribution >= 4 is 0 Å². The summed E-state index contributed by atoms with van der Waals surface area (Å²) in [5.41, 5.74) is 1.10.